The van der Waals surface area contributed by atoms with Crippen molar-refractivity contribution < 1.29 is 22.8 Å². The summed E-state index contributed by atoms with van der Waals surface area (Å²) in [7, 11) is 0. The Morgan fingerprint density at radius 3 is 2.26 bits per heavy atom. The van der Waals surface area contributed by atoms with E-state index >= 15 is 0 Å². The molecule has 2 amide bonds. The monoisotopic (exact) mass is 494 g/mol. The van der Waals surface area contributed by atoms with Crippen molar-refractivity contribution in [2.45, 2.75) is 6.18 Å². The van der Waals surface area contributed by atoms with Gasteiger partial charge in [-0.1, -0.05) is 34.8 Å². The molecule has 31 heavy (non-hydrogen) atoms. The highest BCUT2D eigenvalue weighted by molar-refractivity contribution is 6.42. The number of hydrogen-bond acceptors (Lipinski definition) is 4. The number of benzene rings is 1. The molecule has 1 saturated heterocycles. The number of alkyl halides is 3. The number of anilines is 1. The Morgan fingerprint density at radius 2 is 1.68 bits per heavy atom. The number of nitrogens with zero attached hydrogens (tertiary/aromatic N) is 3. The molecule has 0 bridgehead atoms. The highest BCUT2D eigenvalue weighted by Crippen LogP contribution is 2.33. The molecule has 2 aromatic rings. The number of nitrogens with one attached hydrogen (secondary N) is 1. The minimum Gasteiger partial charge on any atom is -0.352 e. The first kappa shape index (κ1) is 23.4. The van der Waals surface area contributed by atoms with E-state index in [9.17, 15) is 22.8 Å². The zero-order valence-electron chi connectivity index (χ0n) is 15.8. The number of pyridine rings is 1. The second kappa shape index (κ2) is 9.50. The van der Waals surface area contributed by atoms with Gasteiger partial charge in [-0.05, 0) is 24.3 Å². The van der Waals surface area contributed by atoms with Crippen LogP contribution in [0.15, 0.2) is 30.5 Å². The quantitative estimate of drug-likeness (QED) is 0.692. The third-order valence-corrected chi connectivity index (χ3v) is 5.68. The van der Waals surface area contributed by atoms with Gasteiger partial charge in [-0.15, -0.1) is 0 Å². The molecule has 1 aliphatic rings. The lowest BCUT2D eigenvalue weighted by Gasteiger charge is -2.35. The molecule has 1 aliphatic heterocycles. The van der Waals surface area contributed by atoms with Crippen LogP contribution < -0.4 is 10.2 Å². The molecular weight excluding hydrogens is 480 g/mol. The number of carbonyl (C=O) groups is 2. The number of hydrogen-bond donors (Lipinski definition) is 1. The van der Waals surface area contributed by atoms with Crippen LogP contribution in [0.5, 0.6) is 0 Å². The molecule has 0 spiro atoms. The van der Waals surface area contributed by atoms with E-state index in [-0.39, 0.29) is 33.9 Å². The SMILES string of the molecule is O=C(NCC(=O)N1CCN(c2ncc(C(F)(F)F)cc2Cl)CC1)c1ccc(Cl)c(Cl)c1. The van der Waals surface area contributed by atoms with Gasteiger partial charge in [-0.2, -0.15) is 13.2 Å². The van der Waals surface area contributed by atoms with Crippen LogP contribution >= 0.6 is 34.8 Å². The van der Waals surface area contributed by atoms with Crippen LogP contribution in [0.4, 0.5) is 19.0 Å². The number of carbonyl (C=O) groups excluding carboxylic acids is 2. The summed E-state index contributed by atoms with van der Waals surface area (Å²) in [5.41, 5.74) is -0.650. The molecule has 2 heterocycles. The number of amides is 2. The molecular formula is C19H16Cl3F3N4O2. The molecule has 0 radical (unpaired) electrons. The van der Waals surface area contributed by atoms with Gasteiger partial charge in [-0.25, -0.2) is 4.98 Å². The molecule has 3 rings (SSSR count). The standard InChI is InChI=1S/C19H16Cl3F3N4O2/c20-13-2-1-11(7-14(13)21)18(31)27-10-16(30)28-3-5-29(6-4-28)17-15(22)8-12(9-26-17)19(23,24)25/h1-2,7-9H,3-6,10H2,(H,27,31). The fourth-order valence-corrected chi connectivity index (χ4v) is 3.58. The lowest BCUT2D eigenvalue weighted by atomic mass is 10.2. The predicted molar refractivity (Wildman–Crippen MR) is 112 cm³/mol. The second-order valence-corrected chi connectivity index (χ2v) is 7.93. The lowest BCUT2D eigenvalue weighted by molar-refractivity contribution is -0.137. The van der Waals surface area contributed by atoms with Crippen molar-refractivity contribution in [3.05, 3.63) is 56.7 Å². The Bertz CT molecular complexity index is 996. The number of piperazine rings is 1. The first-order chi connectivity index (χ1) is 14.6. The summed E-state index contributed by atoms with van der Waals surface area (Å²) in [6.07, 6.45) is -3.79. The van der Waals surface area contributed by atoms with Gasteiger partial charge in [0, 0.05) is 37.9 Å². The van der Waals surface area contributed by atoms with Gasteiger partial charge in [0.1, 0.15) is 5.82 Å². The van der Waals surface area contributed by atoms with Crippen molar-refractivity contribution in [1.82, 2.24) is 15.2 Å². The van der Waals surface area contributed by atoms with Crippen molar-refractivity contribution in [1.29, 1.82) is 0 Å². The average molecular weight is 496 g/mol. The van der Waals surface area contributed by atoms with Crippen LogP contribution in [0.25, 0.3) is 0 Å². The normalized spacial score (nSPS) is 14.5. The molecule has 0 atom stereocenters. The van der Waals surface area contributed by atoms with E-state index in [1.54, 1.807) is 9.80 Å². The summed E-state index contributed by atoms with van der Waals surface area (Å²) in [4.78, 5) is 31.7. The van der Waals surface area contributed by atoms with Crippen LogP contribution in [0.2, 0.25) is 15.1 Å². The molecule has 166 valence electrons. The molecule has 12 heteroatoms. The van der Waals surface area contributed by atoms with Gasteiger partial charge in [0.2, 0.25) is 5.91 Å². The Kier molecular flexibility index (Phi) is 7.18. The summed E-state index contributed by atoms with van der Waals surface area (Å²) < 4.78 is 38.3. The van der Waals surface area contributed by atoms with Crippen molar-refractivity contribution >= 4 is 52.4 Å². The summed E-state index contributed by atoms with van der Waals surface area (Å²) >= 11 is 17.7. The molecule has 0 aliphatic carbocycles. The molecule has 1 fully saturated rings. The average Bonchev–Trinajstić information content (AvgIpc) is 2.73. The van der Waals surface area contributed by atoms with Crippen molar-refractivity contribution in [3.63, 3.8) is 0 Å². The van der Waals surface area contributed by atoms with Crippen LogP contribution in [0.1, 0.15) is 15.9 Å². The smallest absolute Gasteiger partial charge is 0.352 e. The molecule has 0 unspecified atom stereocenters. The first-order valence-corrected chi connectivity index (χ1v) is 10.2. The Labute approximate surface area is 190 Å². The highest BCUT2D eigenvalue weighted by Gasteiger charge is 2.32. The largest absolute Gasteiger partial charge is 0.417 e. The number of aromatic nitrogens is 1. The van der Waals surface area contributed by atoms with E-state index < -0.39 is 17.6 Å². The molecule has 1 aromatic carbocycles. The molecule has 0 saturated carbocycles. The maximum Gasteiger partial charge on any atom is 0.417 e. The number of halogens is 6. The summed E-state index contributed by atoms with van der Waals surface area (Å²) in [6, 6.07) is 5.22. The van der Waals surface area contributed by atoms with Crippen LogP contribution in [-0.2, 0) is 11.0 Å². The first-order valence-electron chi connectivity index (χ1n) is 9.05. The van der Waals surface area contributed by atoms with E-state index in [1.807, 2.05) is 0 Å². The van der Waals surface area contributed by atoms with Crippen LogP contribution in [-0.4, -0.2) is 54.4 Å². The summed E-state index contributed by atoms with van der Waals surface area (Å²) in [5.74, 6) is -0.527. The van der Waals surface area contributed by atoms with E-state index in [1.165, 1.54) is 18.2 Å². The molecule has 1 aromatic heterocycles. The Balaban J connectivity index is 1.53. The van der Waals surface area contributed by atoms with Crippen LogP contribution in [0, 0.1) is 0 Å². The van der Waals surface area contributed by atoms with Crippen molar-refractivity contribution in [2.24, 2.45) is 0 Å². The predicted octanol–water partition coefficient (Wildman–Crippen LogP) is 4.14. The third-order valence-electron chi connectivity index (χ3n) is 4.66. The lowest BCUT2D eigenvalue weighted by Crippen LogP contribution is -2.51. The van der Waals surface area contributed by atoms with E-state index in [0.29, 0.717) is 31.2 Å². The maximum atomic E-state index is 12.8. The van der Waals surface area contributed by atoms with Crippen molar-refractivity contribution in [3.8, 4) is 0 Å². The summed E-state index contributed by atoms with van der Waals surface area (Å²) in [6.45, 7) is 1.08. The van der Waals surface area contributed by atoms with Gasteiger partial charge >= 0.3 is 6.18 Å². The topological polar surface area (TPSA) is 65.5 Å². The van der Waals surface area contributed by atoms with Gasteiger partial charge in [0.15, 0.2) is 0 Å². The fraction of sp³-hybridized carbons (Fsp3) is 0.316. The van der Waals surface area contributed by atoms with Gasteiger partial charge in [0.05, 0.1) is 27.2 Å². The number of rotatable bonds is 4. The zero-order chi connectivity index (χ0) is 22.8. The van der Waals surface area contributed by atoms with Gasteiger partial charge < -0.3 is 15.1 Å². The van der Waals surface area contributed by atoms with E-state index in [2.05, 4.69) is 10.3 Å². The van der Waals surface area contributed by atoms with Gasteiger partial charge in [0.25, 0.3) is 5.91 Å². The van der Waals surface area contributed by atoms with Gasteiger partial charge in [-0.3, -0.25) is 9.59 Å². The maximum absolute atomic E-state index is 12.8. The summed E-state index contributed by atoms with van der Waals surface area (Å²) in [5, 5.41) is 2.97. The van der Waals surface area contributed by atoms with E-state index in [4.69, 9.17) is 34.8 Å². The fourth-order valence-electron chi connectivity index (χ4n) is 2.99. The third kappa shape index (κ3) is 5.72. The van der Waals surface area contributed by atoms with Crippen molar-refractivity contribution in [2.75, 3.05) is 37.6 Å². The molecule has 6 nitrogen and oxygen atoms in total. The molecule has 1 N–H and O–H groups in total. The Morgan fingerprint density at radius 1 is 1.00 bits per heavy atom. The zero-order valence-corrected chi connectivity index (χ0v) is 18.1. The minimum absolute atomic E-state index is 0.108. The highest BCUT2D eigenvalue weighted by atomic mass is 35.5. The Hall–Kier alpha value is -2.23. The second-order valence-electron chi connectivity index (χ2n) is 6.71. The van der Waals surface area contributed by atoms with E-state index in [0.717, 1.165) is 12.3 Å². The minimum atomic E-state index is -4.53. The van der Waals surface area contributed by atoms with Crippen LogP contribution in [0.3, 0.4) is 0 Å².